The fraction of sp³-hybridized carbons (Fsp3) is 0.923. The molecule has 2 saturated heterocycles. The van der Waals surface area contributed by atoms with Gasteiger partial charge in [0.25, 0.3) is 0 Å². The maximum absolute atomic E-state index is 12.3. The topological polar surface area (TPSA) is 52.6 Å². The predicted octanol–water partition coefficient (Wildman–Crippen LogP) is 0.605. The third-order valence-corrected chi connectivity index (χ3v) is 4.24. The molecule has 98 valence electrons. The number of amides is 1. The van der Waals surface area contributed by atoms with Gasteiger partial charge in [-0.05, 0) is 31.7 Å². The lowest BCUT2D eigenvalue weighted by atomic mass is 9.90. The fourth-order valence-electron chi connectivity index (χ4n) is 2.96. The molecule has 0 bridgehead atoms. The molecule has 17 heavy (non-hydrogen) atoms. The Morgan fingerprint density at radius 3 is 2.88 bits per heavy atom. The minimum atomic E-state index is 0.0196. The van der Waals surface area contributed by atoms with Crippen molar-refractivity contribution in [3.63, 3.8) is 0 Å². The molecular formula is C13H24N2O2. The second-order valence-corrected chi connectivity index (χ2v) is 5.43. The number of piperidine rings is 1. The molecule has 1 amide bonds. The molecule has 0 aromatic rings. The summed E-state index contributed by atoms with van der Waals surface area (Å²) in [4.78, 5) is 14.2. The summed E-state index contributed by atoms with van der Waals surface area (Å²) in [6.07, 6.45) is 4.30. The molecule has 3 atom stereocenters. The van der Waals surface area contributed by atoms with E-state index >= 15 is 0 Å². The molecule has 0 aliphatic carbocycles. The van der Waals surface area contributed by atoms with E-state index in [1.807, 2.05) is 4.90 Å². The van der Waals surface area contributed by atoms with E-state index in [0.29, 0.717) is 11.8 Å². The number of rotatable bonds is 3. The van der Waals surface area contributed by atoms with Gasteiger partial charge in [0.15, 0.2) is 0 Å². The number of likely N-dealkylation sites (tertiary alicyclic amines) is 1. The molecular weight excluding hydrogens is 216 g/mol. The molecule has 0 aromatic carbocycles. The Bertz CT molecular complexity index is 270. The van der Waals surface area contributed by atoms with Gasteiger partial charge < -0.3 is 15.3 Å². The highest BCUT2D eigenvalue weighted by Gasteiger charge is 2.32. The minimum absolute atomic E-state index is 0.0196. The van der Waals surface area contributed by atoms with Crippen LogP contribution in [0.2, 0.25) is 0 Å². The number of aliphatic hydroxyl groups excluding tert-OH is 1. The van der Waals surface area contributed by atoms with Crippen LogP contribution >= 0.6 is 0 Å². The predicted molar refractivity (Wildman–Crippen MR) is 66.6 cm³/mol. The van der Waals surface area contributed by atoms with Crippen molar-refractivity contribution in [3.05, 3.63) is 0 Å². The van der Waals surface area contributed by atoms with Crippen LogP contribution in [0.5, 0.6) is 0 Å². The second kappa shape index (κ2) is 5.83. The van der Waals surface area contributed by atoms with E-state index in [1.54, 1.807) is 0 Å². The number of nitrogens with one attached hydrogen (secondary N) is 1. The summed E-state index contributed by atoms with van der Waals surface area (Å²) in [6.45, 7) is 4.93. The van der Waals surface area contributed by atoms with Crippen LogP contribution in [0.15, 0.2) is 0 Å². The van der Waals surface area contributed by atoms with E-state index < -0.39 is 0 Å². The Kier molecular flexibility index (Phi) is 4.40. The molecule has 0 spiro atoms. The Morgan fingerprint density at radius 1 is 1.41 bits per heavy atom. The summed E-state index contributed by atoms with van der Waals surface area (Å²) in [5.41, 5.74) is 0. The SMILES string of the molecule is CCC1CCNC(C(=O)N2CCC(CO)C2)C1. The molecule has 0 radical (unpaired) electrons. The number of hydrogen-bond acceptors (Lipinski definition) is 3. The van der Waals surface area contributed by atoms with Crippen molar-refractivity contribution in [1.29, 1.82) is 0 Å². The van der Waals surface area contributed by atoms with Gasteiger partial charge in [-0.15, -0.1) is 0 Å². The molecule has 2 heterocycles. The summed E-state index contributed by atoms with van der Waals surface area (Å²) < 4.78 is 0. The third-order valence-electron chi connectivity index (χ3n) is 4.24. The van der Waals surface area contributed by atoms with Crippen molar-refractivity contribution in [2.75, 3.05) is 26.2 Å². The maximum atomic E-state index is 12.3. The zero-order valence-electron chi connectivity index (χ0n) is 10.7. The van der Waals surface area contributed by atoms with E-state index in [2.05, 4.69) is 12.2 Å². The lowest BCUT2D eigenvalue weighted by molar-refractivity contribution is -0.133. The Labute approximate surface area is 103 Å². The van der Waals surface area contributed by atoms with Crippen LogP contribution in [0.3, 0.4) is 0 Å². The summed E-state index contributed by atoms with van der Waals surface area (Å²) in [7, 11) is 0. The Balaban J connectivity index is 1.87. The first kappa shape index (κ1) is 12.8. The minimum Gasteiger partial charge on any atom is -0.396 e. The lowest BCUT2D eigenvalue weighted by Gasteiger charge is -2.31. The van der Waals surface area contributed by atoms with Crippen LogP contribution in [0.4, 0.5) is 0 Å². The molecule has 2 fully saturated rings. The Morgan fingerprint density at radius 2 is 2.24 bits per heavy atom. The molecule has 4 nitrogen and oxygen atoms in total. The zero-order chi connectivity index (χ0) is 12.3. The number of carbonyl (C=O) groups is 1. The van der Waals surface area contributed by atoms with Gasteiger partial charge in [0.2, 0.25) is 5.91 Å². The van der Waals surface area contributed by atoms with Crippen LogP contribution in [-0.2, 0) is 4.79 Å². The van der Waals surface area contributed by atoms with Crippen LogP contribution in [-0.4, -0.2) is 48.2 Å². The Hall–Kier alpha value is -0.610. The lowest BCUT2D eigenvalue weighted by Crippen LogP contribution is -2.49. The van der Waals surface area contributed by atoms with Gasteiger partial charge in [-0.25, -0.2) is 0 Å². The van der Waals surface area contributed by atoms with Crippen molar-refractivity contribution in [1.82, 2.24) is 10.2 Å². The summed E-state index contributed by atoms with van der Waals surface area (Å²) >= 11 is 0. The number of nitrogens with zero attached hydrogens (tertiary/aromatic N) is 1. The first-order valence-corrected chi connectivity index (χ1v) is 6.87. The van der Waals surface area contributed by atoms with Crippen LogP contribution in [0.25, 0.3) is 0 Å². The summed E-state index contributed by atoms with van der Waals surface area (Å²) in [6, 6.07) is 0.0196. The van der Waals surface area contributed by atoms with Gasteiger partial charge >= 0.3 is 0 Å². The molecule has 0 aromatic heterocycles. The highest BCUT2D eigenvalue weighted by Crippen LogP contribution is 2.23. The van der Waals surface area contributed by atoms with Crippen LogP contribution in [0.1, 0.15) is 32.6 Å². The monoisotopic (exact) mass is 240 g/mol. The maximum Gasteiger partial charge on any atom is 0.239 e. The third kappa shape index (κ3) is 2.99. The summed E-state index contributed by atoms with van der Waals surface area (Å²) in [5, 5.41) is 12.4. The average molecular weight is 240 g/mol. The number of hydrogen-bond donors (Lipinski definition) is 2. The van der Waals surface area contributed by atoms with Gasteiger partial charge in [0, 0.05) is 25.6 Å². The number of aliphatic hydroxyl groups is 1. The van der Waals surface area contributed by atoms with Crippen molar-refractivity contribution < 1.29 is 9.90 Å². The molecule has 4 heteroatoms. The molecule has 2 aliphatic rings. The van der Waals surface area contributed by atoms with Crippen molar-refractivity contribution >= 4 is 5.91 Å². The van der Waals surface area contributed by atoms with E-state index in [-0.39, 0.29) is 18.6 Å². The highest BCUT2D eigenvalue weighted by molar-refractivity contribution is 5.82. The van der Waals surface area contributed by atoms with E-state index in [0.717, 1.165) is 32.5 Å². The van der Waals surface area contributed by atoms with Gasteiger partial charge in [-0.3, -0.25) is 4.79 Å². The molecule has 2 rings (SSSR count). The molecule has 0 saturated carbocycles. The molecule has 3 unspecified atom stereocenters. The normalized spacial score (nSPS) is 34.0. The zero-order valence-corrected chi connectivity index (χ0v) is 10.7. The molecule has 2 N–H and O–H groups in total. The van der Waals surface area contributed by atoms with Crippen molar-refractivity contribution in [2.24, 2.45) is 11.8 Å². The smallest absolute Gasteiger partial charge is 0.239 e. The van der Waals surface area contributed by atoms with Gasteiger partial charge in [-0.1, -0.05) is 13.3 Å². The quantitative estimate of drug-likeness (QED) is 0.760. The van der Waals surface area contributed by atoms with Gasteiger partial charge in [0.05, 0.1) is 6.04 Å². The van der Waals surface area contributed by atoms with Gasteiger partial charge in [0.1, 0.15) is 0 Å². The molecule has 2 aliphatic heterocycles. The average Bonchev–Trinajstić information content (AvgIpc) is 2.86. The van der Waals surface area contributed by atoms with E-state index in [1.165, 1.54) is 12.8 Å². The fourth-order valence-corrected chi connectivity index (χ4v) is 2.96. The summed E-state index contributed by atoms with van der Waals surface area (Å²) in [5.74, 6) is 1.24. The number of carbonyl (C=O) groups excluding carboxylic acids is 1. The van der Waals surface area contributed by atoms with E-state index in [9.17, 15) is 4.79 Å². The first-order chi connectivity index (χ1) is 8.24. The van der Waals surface area contributed by atoms with Crippen LogP contribution < -0.4 is 5.32 Å². The highest BCUT2D eigenvalue weighted by atomic mass is 16.3. The van der Waals surface area contributed by atoms with E-state index in [4.69, 9.17) is 5.11 Å². The van der Waals surface area contributed by atoms with Crippen molar-refractivity contribution in [3.8, 4) is 0 Å². The second-order valence-electron chi connectivity index (χ2n) is 5.43. The van der Waals surface area contributed by atoms with Crippen LogP contribution in [0, 0.1) is 11.8 Å². The first-order valence-electron chi connectivity index (χ1n) is 6.87. The van der Waals surface area contributed by atoms with Crippen molar-refractivity contribution in [2.45, 2.75) is 38.6 Å². The standard InChI is InChI=1S/C13H24N2O2/c1-2-10-3-5-14-12(7-10)13(17)15-6-4-11(8-15)9-16/h10-12,14,16H,2-9H2,1H3. The van der Waals surface area contributed by atoms with Gasteiger partial charge in [-0.2, -0.15) is 0 Å². The largest absolute Gasteiger partial charge is 0.396 e.